The summed E-state index contributed by atoms with van der Waals surface area (Å²) in [7, 11) is -4.08. The molecule has 0 heterocycles. The molecule has 11 heteroatoms. The zero-order valence-corrected chi connectivity index (χ0v) is 15.8. The number of hydrogen-bond donors (Lipinski definition) is 4. The van der Waals surface area contributed by atoms with Gasteiger partial charge in [-0.05, 0) is 39.0 Å². The molecule has 0 radical (unpaired) electrons. The number of carbonyl (C=O) groups excluding carboxylic acids is 3. The molecule has 0 saturated heterocycles. The van der Waals surface area contributed by atoms with Crippen molar-refractivity contribution in [3.63, 3.8) is 0 Å². The summed E-state index contributed by atoms with van der Waals surface area (Å²) in [5, 5.41) is 7.07. The lowest BCUT2D eigenvalue weighted by Crippen LogP contribution is -2.39. The minimum absolute atomic E-state index is 0.551. The van der Waals surface area contributed by atoms with Crippen LogP contribution in [0.1, 0.15) is 20.8 Å². The van der Waals surface area contributed by atoms with Crippen molar-refractivity contribution in [3.05, 3.63) is 38.0 Å². The van der Waals surface area contributed by atoms with E-state index in [2.05, 4.69) is 35.7 Å². The lowest BCUT2D eigenvalue weighted by molar-refractivity contribution is -0.119. The average molecular weight is 390 g/mol. The highest BCUT2D eigenvalue weighted by atomic mass is 31.2. The molecular weight excluding hydrogens is 365 g/mol. The third kappa shape index (κ3) is 10.0. The molecule has 3 atom stereocenters. The van der Waals surface area contributed by atoms with Crippen molar-refractivity contribution in [2.24, 2.45) is 0 Å². The predicted molar refractivity (Wildman–Crippen MR) is 95.8 cm³/mol. The maximum Gasteiger partial charge on any atom is 0.578 e. The van der Waals surface area contributed by atoms with E-state index in [0.717, 1.165) is 18.2 Å². The molecule has 0 aromatic rings. The quantitative estimate of drug-likeness (QED) is 0.218. The SMILES string of the molecule is C=CC(=O)NC(C)O[P+](O)(OC(C)NC(=O)C=C)OC(C)NC(=O)C=C. The van der Waals surface area contributed by atoms with Crippen LogP contribution in [0.3, 0.4) is 0 Å². The van der Waals surface area contributed by atoms with Crippen molar-refractivity contribution in [2.45, 2.75) is 39.5 Å². The van der Waals surface area contributed by atoms with Gasteiger partial charge in [0.1, 0.15) is 0 Å². The smallest absolute Gasteiger partial charge is 0.324 e. The molecule has 26 heavy (non-hydrogen) atoms. The molecule has 0 saturated carbocycles. The zero-order chi connectivity index (χ0) is 20.3. The summed E-state index contributed by atoms with van der Waals surface area (Å²) >= 11 is 0. The van der Waals surface area contributed by atoms with Gasteiger partial charge in [0.15, 0.2) is 18.7 Å². The molecule has 0 fully saturated rings. The standard InChI is InChI=1S/C15H24N3O7P/c1-7-13(19)16-10(4)23-26(22,24-11(5)17-14(20)8-2)25-12(6)18-15(21)9-3/h7-12,22H,1-3H2,4-6H3,(H2-,16,17,18,19,20,21)/p+1. The van der Waals surface area contributed by atoms with Crippen LogP contribution in [0.2, 0.25) is 0 Å². The van der Waals surface area contributed by atoms with Gasteiger partial charge >= 0.3 is 8.17 Å². The van der Waals surface area contributed by atoms with Gasteiger partial charge in [-0.15, -0.1) is 13.6 Å². The van der Waals surface area contributed by atoms with E-state index in [0.29, 0.717) is 0 Å². The van der Waals surface area contributed by atoms with Crippen LogP contribution >= 0.6 is 8.17 Å². The van der Waals surface area contributed by atoms with E-state index in [-0.39, 0.29) is 0 Å². The fourth-order valence-electron chi connectivity index (χ4n) is 1.53. The third-order valence-corrected chi connectivity index (χ3v) is 4.21. The number of carbonyl (C=O) groups is 3. The van der Waals surface area contributed by atoms with E-state index in [1.807, 2.05) is 0 Å². The molecule has 10 nitrogen and oxygen atoms in total. The topological polar surface area (TPSA) is 135 Å². The highest BCUT2D eigenvalue weighted by molar-refractivity contribution is 7.55. The Morgan fingerprint density at radius 3 is 1.19 bits per heavy atom. The van der Waals surface area contributed by atoms with E-state index >= 15 is 0 Å². The molecule has 3 unspecified atom stereocenters. The summed E-state index contributed by atoms with van der Waals surface area (Å²) in [4.78, 5) is 44.6. The zero-order valence-electron chi connectivity index (χ0n) is 14.9. The number of hydrogen-bond acceptors (Lipinski definition) is 7. The predicted octanol–water partition coefficient (Wildman–Crippen LogP) is 0.651. The van der Waals surface area contributed by atoms with E-state index in [4.69, 9.17) is 13.6 Å². The molecule has 0 aliphatic rings. The van der Waals surface area contributed by atoms with E-state index < -0.39 is 44.6 Å². The van der Waals surface area contributed by atoms with Crippen molar-refractivity contribution in [1.82, 2.24) is 16.0 Å². The first kappa shape index (κ1) is 23.9. The molecule has 3 amide bonds. The molecule has 0 aromatic carbocycles. The van der Waals surface area contributed by atoms with Gasteiger partial charge in [-0.2, -0.15) is 4.89 Å². The molecular formula is C15H25N3O7P+. The fraction of sp³-hybridized carbons (Fsp3) is 0.400. The Morgan fingerprint density at radius 1 is 0.769 bits per heavy atom. The summed E-state index contributed by atoms with van der Waals surface area (Å²) in [5.41, 5.74) is 0. The molecule has 0 bridgehead atoms. The maximum atomic E-state index is 11.3. The minimum Gasteiger partial charge on any atom is -0.324 e. The van der Waals surface area contributed by atoms with Crippen LogP contribution in [0.5, 0.6) is 0 Å². The average Bonchev–Trinajstić information content (AvgIpc) is 2.52. The van der Waals surface area contributed by atoms with Gasteiger partial charge in [0.25, 0.3) is 0 Å². The Kier molecular flexibility index (Phi) is 10.6. The molecule has 0 aliphatic heterocycles. The Labute approximate surface area is 152 Å². The van der Waals surface area contributed by atoms with Gasteiger partial charge in [-0.25, -0.2) is 0 Å². The summed E-state index contributed by atoms with van der Waals surface area (Å²) in [5.74, 6) is -1.65. The highest BCUT2D eigenvalue weighted by Gasteiger charge is 2.51. The second kappa shape index (κ2) is 11.5. The summed E-state index contributed by atoms with van der Waals surface area (Å²) in [6, 6.07) is 0. The first-order chi connectivity index (χ1) is 12.0. The first-order valence-electron chi connectivity index (χ1n) is 7.51. The second-order valence-electron chi connectivity index (χ2n) is 4.85. The van der Waals surface area contributed by atoms with E-state index in [1.165, 1.54) is 20.8 Å². The monoisotopic (exact) mass is 390 g/mol. The van der Waals surface area contributed by atoms with Crippen molar-refractivity contribution in [3.8, 4) is 0 Å². The van der Waals surface area contributed by atoms with E-state index in [1.54, 1.807) is 0 Å². The van der Waals surface area contributed by atoms with Crippen molar-refractivity contribution in [2.75, 3.05) is 0 Å². The molecule has 0 spiro atoms. The van der Waals surface area contributed by atoms with Gasteiger partial charge in [0.2, 0.25) is 17.7 Å². The third-order valence-electron chi connectivity index (χ3n) is 2.47. The van der Waals surface area contributed by atoms with Crippen LogP contribution in [0, 0.1) is 0 Å². The van der Waals surface area contributed by atoms with Crippen LogP contribution in [-0.2, 0) is 28.0 Å². The van der Waals surface area contributed by atoms with Crippen molar-refractivity contribution >= 4 is 25.9 Å². The fourth-order valence-corrected chi connectivity index (χ4v) is 3.04. The Morgan fingerprint density at radius 2 is 1.00 bits per heavy atom. The van der Waals surface area contributed by atoms with Gasteiger partial charge in [-0.3, -0.25) is 14.4 Å². The van der Waals surface area contributed by atoms with Gasteiger partial charge in [0, 0.05) is 0 Å². The van der Waals surface area contributed by atoms with Gasteiger partial charge < -0.3 is 16.0 Å². The van der Waals surface area contributed by atoms with Gasteiger partial charge in [-0.1, -0.05) is 19.7 Å². The molecule has 146 valence electrons. The summed E-state index contributed by atoms with van der Waals surface area (Å²) in [6.45, 7) is 14.1. The highest BCUT2D eigenvalue weighted by Crippen LogP contribution is 2.60. The van der Waals surface area contributed by atoms with Crippen molar-refractivity contribution in [1.29, 1.82) is 0 Å². The second-order valence-corrected chi connectivity index (χ2v) is 6.42. The maximum absolute atomic E-state index is 11.3. The van der Waals surface area contributed by atoms with Crippen LogP contribution < -0.4 is 16.0 Å². The molecule has 0 rings (SSSR count). The number of nitrogens with one attached hydrogen (secondary N) is 3. The summed E-state index contributed by atoms with van der Waals surface area (Å²) < 4.78 is 15.8. The minimum atomic E-state index is -4.08. The Hall–Kier alpha value is -2.10. The van der Waals surface area contributed by atoms with Crippen LogP contribution in [0.4, 0.5) is 0 Å². The number of amides is 3. The molecule has 0 aromatic heterocycles. The summed E-state index contributed by atoms with van der Waals surface area (Å²) in [6.07, 6.45) is -0.0353. The Balaban J connectivity index is 5.14. The molecule has 4 N–H and O–H groups in total. The normalized spacial score (nSPS) is 16.2. The first-order valence-corrected chi connectivity index (χ1v) is 9.00. The van der Waals surface area contributed by atoms with Crippen molar-refractivity contribution < 1.29 is 32.8 Å². The van der Waals surface area contributed by atoms with Gasteiger partial charge in [0.05, 0.1) is 0 Å². The van der Waals surface area contributed by atoms with Crippen LogP contribution in [-0.4, -0.2) is 41.3 Å². The lowest BCUT2D eigenvalue weighted by atomic mass is 10.5. The largest absolute Gasteiger partial charge is 0.578 e. The molecule has 0 aliphatic carbocycles. The van der Waals surface area contributed by atoms with Crippen LogP contribution in [0.25, 0.3) is 0 Å². The van der Waals surface area contributed by atoms with E-state index in [9.17, 15) is 19.3 Å². The number of rotatable bonds is 12. The Bertz CT molecular complexity index is 481. The van der Waals surface area contributed by atoms with Crippen LogP contribution in [0.15, 0.2) is 38.0 Å². The lowest BCUT2D eigenvalue weighted by Gasteiger charge is -2.23.